The Kier molecular flexibility index (Phi) is 5.17. The summed E-state index contributed by atoms with van der Waals surface area (Å²) in [5.41, 5.74) is 1.31. The van der Waals surface area contributed by atoms with Gasteiger partial charge < -0.3 is 14.7 Å². The van der Waals surface area contributed by atoms with Crippen molar-refractivity contribution in [1.29, 1.82) is 0 Å². The van der Waals surface area contributed by atoms with Gasteiger partial charge in [0.2, 0.25) is 5.91 Å². The van der Waals surface area contributed by atoms with Crippen LogP contribution in [0.1, 0.15) is 16.1 Å². The van der Waals surface area contributed by atoms with Crippen molar-refractivity contribution in [2.24, 2.45) is 0 Å². The maximum Gasteiger partial charge on any atom is 0.254 e. The van der Waals surface area contributed by atoms with Gasteiger partial charge in [0.15, 0.2) is 5.82 Å². The minimum atomic E-state index is -0.354. The molecule has 2 heterocycles. The zero-order chi connectivity index (χ0) is 18.7. The van der Waals surface area contributed by atoms with Gasteiger partial charge in [-0.05, 0) is 47.1 Å². The van der Waals surface area contributed by atoms with E-state index in [-0.39, 0.29) is 18.4 Å². The maximum absolute atomic E-state index is 12.5. The quantitative estimate of drug-likeness (QED) is 0.688. The largest absolute Gasteiger partial charge is 0.360 e. The van der Waals surface area contributed by atoms with Gasteiger partial charge in [-0.25, -0.2) is 4.68 Å². The highest BCUT2D eigenvalue weighted by Crippen LogP contribution is 2.14. The molecule has 1 aromatic carbocycles. The van der Waals surface area contributed by atoms with E-state index in [0.717, 1.165) is 10.2 Å². The second kappa shape index (κ2) is 7.52. The van der Waals surface area contributed by atoms with E-state index in [2.05, 4.69) is 31.5 Å². The van der Waals surface area contributed by atoms with E-state index in [9.17, 15) is 9.59 Å². The molecule has 0 unspecified atom stereocenters. The molecule has 0 aliphatic rings. The molecule has 0 bridgehead atoms. The standard InChI is InChI=1S/C17H16BrN5O3/c1-11-7-15(21-26-11)20-16(24)10-22(2)17(25)12-3-5-14(6-4-12)23-9-13(18)8-19-23/h3-9H,10H2,1-2H3,(H,20,21,24). The number of halogens is 1. The maximum atomic E-state index is 12.5. The third-order valence-corrected chi connectivity index (χ3v) is 3.96. The minimum Gasteiger partial charge on any atom is -0.360 e. The van der Waals surface area contributed by atoms with Crippen LogP contribution in [0.3, 0.4) is 0 Å². The molecule has 3 aromatic rings. The molecule has 9 heteroatoms. The molecule has 3 rings (SSSR count). The Hall–Kier alpha value is -2.94. The third-order valence-electron chi connectivity index (χ3n) is 3.55. The van der Waals surface area contributed by atoms with Gasteiger partial charge in [0.25, 0.3) is 5.91 Å². The normalized spacial score (nSPS) is 10.6. The number of hydrogen-bond acceptors (Lipinski definition) is 5. The Morgan fingerprint density at radius 1 is 1.31 bits per heavy atom. The van der Waals surface area contributed by atoms with Crippen molar-refractivity contribution in [3.05, 3.63) is 58.5 Å². The third kappa shape index (κ3) is 4.17. The van der Waals surface area contributed by atoms with Crippen LogP contribution < -0.4 is 5.32 Å². The lowest BCUT2D eigenvalue weighted by atomic mass is 10.2. The van der Waals surface area contributed by atoms with Gasteiger partial charge in [0.1, 0.15) is 5.76 Å². The molecule has 0 saturated heterocycles. The van der Waals surface area contributed by atoms with Crippen LogP contribution in [0.4, 0.5) is 5.82 Å². The highest BCUT2D eigenvalue weighted by Gasteiger charge is 2.16. The zero-order valence-corrected chi connectivity index (χ0v) is 15.7. The second-order valence-electron chi connectivity index (χ2n) is 5.68. The van der Waals surface area contributed by atoms with Crippen LogP contribution in [-0.2, 0) is 4.79 Å². The predicted octanol–water partition coefficient (Wildman–Crippen LogP) is 2.64. The molecule has 2 amide bonds. The Morgan fingerprint density at radius 3 is 2.62 bits per heavy atom. The fourth-order valence-corrected chi connectivity index (χ4v) is 2.60. The summed E-state index contributed by atoms with van der Waals surface area (Å²) in [5.74, 6) is 0.300. The highest BCUT2D eigenvalue weighted by molar-refractivity contribution is 9.10. The van der Waals surface area contributed by atoms with Crippen LogP contribution >= 0.6 is 15.9 Å². The van der Waals surface area contributed by atoms with Crippen molar-refractivity contribution in [1.82, 2.24) is 19.8 Å². The molecular weight excluding hydrogens is 402 g/mol. The number of nitrogens with zero attached hydrogens (tertiary/aromatic N) is 4. The van der Waals surface area contributed by atoms with Crippen LogP contribution in [0.15, 0.2) is 51.7 Å². The smallest absolute Gasteiger partial charge is 0.254 e. The summed E-state index contributed by atoms with van der Waals surface area (Å²) in [6.07, 6.45) is 3.50. The van der Waals surface area contributed by atoms with Gasteiger partial charge in [-0.15, -0.1) is 0 Å². The van der Waals surface area contributed by atoms with Crippen molar-refractivity contribution >= 4 is 33.6 Å². The Labute approximate surface area is 157 Å². The molecule has 0 radical (unpaired) electrons. The summed E-state index contributed by atoms with van der Waals surface area (Å²) >= 11 is 3.34. The van der Waals surface area contributed by atoms with Crippen molar-refractivity contribution in [2.75, 3.05) is 18.9 Å². The fraction of sp³-hybridized carbons (Fsp3) is 0.176. The number of rotatable bonds is 5. The van der Waals surface area contributed by atoms with E-state index in [1.165, 1.54) is 4.90 Å². The van der Waals surface area contributed by atoms with Crippen LogP contribution in [0.5, 0.6) is 0 Å². The van der Waals surface area contributed by atoms with E-state index >= 15 is 0 Å². The molecule has 0 spiro atoms. The number of amides is 2. The molecule has 0 fully saturated rings. The van der Waals surface area contributed by atoms with Gasteiger partial charge in [0.05, 0.1) is 22.9 Å². The first-order valence-electron chi connectivity index (χ1n) is 7.71. The Morgan fingerprint density at radius 2 is 2.04 bits per heavy atom. The van der Waals surface area contributed by atoms with E-state index in [4.69, 9.17) is 4.52 Å². The van der Waals surface area contributed by atoms with E-state index in [0.29, 0.717) is 17.1 Å². The molecule has 0 aliphatic heterocycles. The van der Waals surface area contributed by atoms with Crippen molar-refractivity contribution in [2.45, 2.75) is 6.92 Å². The monoisotopic (exact) mass is 417 g/mol. The predicted molar refractivity (Wildman–Crippen MR) is 98.1 cm³/mol. The minimum absolute atomic E-state index is 0.0986. The second-order valence-corrected chi connectivity index (χ2v) is 6.60. The van der Waals surface area contributed by atoms with E-state index in [1.807, 2.05) is 6.20 Å². The first kappa shape index (κ1) is 17.9. The van der Waals surface area contributed by atoms with Gasteiger partial charge in [-0.2, -0.15) is 5.10 Å². The lowest BCUT2D eigenvalue weighted by Gasteiger charge is -2.16. The summed E-state index contributed by atoms with van der Waals surface area (Å²) < 4.78 is 7.44. The number of aromatic nitrogens is 3. The lowest BCUT2D eigenvalue weighted by molar-refractivity contribution is -0.116. The van der Waals surface area contributed by atoms with Crippen LogP contribution in [-0.4, -0.2) is 45.2 Å². The number of benzene rings is 1. The first-order chi connectivity index (χ1) is 12.4. The summed E-state index contributed by atoms with van der Waals surface area (Å²) in [6.45, 7) is 1.63. The van der Waals surface area contributed by atoms with Gasteiger partial charge in [0, 0.05) is 24.9 Å². The first-order valence-corrected chi connectivity index (χ1v) is 8.51. The molecule has 0 aliphatic carbocycles. The number of nitrogens with one attached hydrogen (secondary N) is 1. The fourth-order valence-electron chi connectivity index (χ4n) is 2.31. The number of carbonyl (C=O) groups excluding carboxylic acids is 2. The molecule has 1 N–H and O–H groups in total. The number of aryl methyl sites for hydroxylation is 1. The van der Waals surface area contributed by atoms with Crippen LogP contribution in [0.25, 0.3) is 5.69 Å². The number of likely N-dealkylation sites (N-methyl/N-ethyl adjacent to an activating group) is 1. The molecule has 2 aromatic heterocycles. The highest BCUT2D eigenvalue weighted by atomic mass is 79.9. The van der Waals surface area contributed by atoms with Crippen molar-refractivity contribution in [3.63, 3.8) is 0 Å². The molecule has 26 heavy (non-hydrogen) atoms. The van der Waals surface area contributed by atoms with Gasteiger partial charge >= 0.3 is 0 Å². The number of hydrogen-bond donors (Lipinski definition) is 1. The summed E-state index contributed by atoms with van der Waals surface area (Å²) in [7, 11) is 1.56. The van der Waals surface area contributed by atoms with Crippen LogP contribution in [0.2, 0.25) is 0 Å². The van der Waals surface area contributed by atoms with Gasteiger partial charge in [-0.3, -0.25) is 9.59 Å². The number of carbonyl (C=O) groups is 2. The average molecular weight is 418 g/mol. The van der Waals surface area contributed by atoms with E-state index < -0.39 is 0 Å². The Balaban J connectivity index is 1.61. The molecular formula is C17H16BrN5O3. The van der Waals surface area contributed by atoms with Gasteiger partial charge in [-0.1, -0.05) is 5.16 Å². The van der Waals surface area contributed by atoms with Crippen molar-refractivity contribution < 1.29 is 14.1 Å². The Bertz CT molecular complexity index is 932. The lowest BCUT2D eigenvalue weighted by Crippen LogP contribution is -2.35. The summed E-state index contributed by atoms with van der Waals surface area (Å²) in [5, 5.41) is 10.4. The SMILES string of the molecule is Cc1cc(NC(=O)CN(C)C(=O)c2ccc(-n3cc(Br)cn3)cc2)no1. The number of anilines is 1. The molecule has 8 nitrogen and oxygen atoms in total. The van der Waals surface area contributed by atoms with Crippen LogP contribution in [0, 0.1) is 6.92 Å². The average Bonchev–Trinajstić information content (AvgIpc) is 3.22. The molecule has 0 atom stereocenters. The topological polar surface area (TPSA) is 93.3 Å². The van der Waals surface area contributed by atoms with Crippen molar-refractivity contribution in [3.8, 4) is 5.69 Å². The summed E-state index contributed by atoms with van der Waals surface area (Å²) in [6, 6.07) is 8.58. The molecule has 0 saturated carbocycles. The summed E-state index contributed by atoms with van der Waals surface area (Å²) in [4.78, 5) is 25.8. The molecule has 134 valence electrons. The zero-order valence-electron chi connectivity index (χ0n) is 14.1. The van der Waals surface area contributed by atoms with E-state index in [1.54, 1.807) is 55.2 Å².